The van der Waals surface area contributed by atoms with Gasteiger partial charge in [-0.3, -0.25) is 0 Å². The number of benzene rings is 2. The lowest BCUT2D eigenvalue weighted by Gasteiger charge is -2.20. The van der Waals surface area contributed by atoms with Crippen LogP contribution >= 0.6 is 11.8 Å². The Morgan fingerprint density at radius 1 is 0.905 bits per heavy atom. The van der Waals surface area contributed by atoms with Gasteiger partial charge in [0.1, 0.15) is 0 Å². The van der Waals surface area contributed by atoms with E-state index in [1.807, 2.05) is 11.8 Å². The van der Waals surface area contributed by atoms with Crippen LogP contribution in [0.2, 0.25) is 0 Å². The standard InChI is InChI=1S/C19H25NS/c1-13-7-9-19(16(4)10-13)21-12-18(20-5)17-11-14(2)6-8-15(17)3/h6-11,18,20H,12H2,1-5H3. The van der Waals surface area contributed by atoms with Gasteiger partial charge >= 0.3 is 0 Å². The minimum Gasteiger partial charge on any atom is -0.312 e. The molecule has 2 rings (SSSR count). The Labute approximate surface area is 133 Å². The predicted molar refractivity (Wildman–Crippen MR) is 94.4 cm³/mol. The summed E-state index contributed by atoms with van der Waals surface area (Å²) in [7, 11) is 2.05. The second-order valence-corrected chi connectivity index (χ2v) is 6.84. The van der Waals surface area contributed by atoms with Crippen LogP contribution in [0, 0.1) is 27.7 Å². The first-order valence-corrected chi connectivity index (χ1v) is 8.44. The van der Waals surface area contributed by atoms with Crippen molar-refractivity contribution in [2.45, 2.75) is 38.6 Å². The molecule has 0 radical (unpaired) electrons. The monoisotopic (exact) mass is 299 g/mol. The van der Waals surface area contributed by atoms with Crippen LogP contribution in [0.15, 0.2) is 41.3 Å². The van der Waals surface area contributed by atoms with Gasteiger partial charge in [0.05, 0.1) is 0 Å². The molecule has 0 aromatic heterocycles. The van der Waals surface area contributed by atoms with Crippen molar-refractivity contribution in [3.8, 4) is 0 Å². The third kappa shape index (κ3) is 4.12. The van der Waals surface area contributed by atoms with Crippen molar-refractivity contribution >= 4 is 11.8 Å². The van der Waals surface area contributed by atoms with E-state index in [1.165, 1.54) is 32.7 Å². The molecule has 21 heavy (non-hydrogen) atoms. The molecule has 0 amide bonds. The van der Waals surface area contributed by atoms with Crippen molar-refractivity contribution in [2.24, 2.45) is 0 Å². The highest BCUT2D eigenvalue weighted by Gasteiger charge is 2.13. The van der Waals surface area contributed by atoms with Gasteiger partial charge < -0.3 is 5.32 Å². The fourth-order valence-electron chi connectivity index (χ4n) is 2.60. The summed E-state index contributed by atoms with van der Waals surface area (Å²) in [4.78, 5) is 1.38. The van der Waals surface area contributed by atoms with E-state index >= 15 is 0 Å². The normalized spacial score (nSPS) is 12.4. The van der Waals surface area contributed by atoms with E-state index in [1.54, 1.807) is 0 Å². The number of nitrogens with one attached hydrogen (secondary N) is 1. The molecular formula is C19H25NS. The lowest BCUT2D eigenvalue weighted by atomic mass is 10.0. The van der Waals surface area contributed by atoms with E-state index in [9.17, 15) is 0 Å². The van der Waals surface area contributed by atoms with Crippen molar-refractivity contribution in [3.05, 3.63) is 64.2 Å². The zero-order valence-corrected chi connectivity index (χ0v) is 14.5. The molecule has 0 fully saturated rings. The van der Waals surface area contributed by atoms with Crippen molar-refractivity contribution in [2.75, 3.05) is 12.8 Å². The smallest absolute Gasteiger partial charge is 0.0415 e. The SMILES string of the molecule is CNC(CSc1ccc(C)cc1C)c1cc(C)ccc1C. The summed E-state index contributed by atoms with van der Waals surface area (Å²) >= 11 is 1.94. The fraction of sp³-hybridized carbons (Fsp3) is 0.368. The topological polar surface area (TPSA) is 12.0 Å². The maximum Gasteiger partial charge on any atom is 0.0415 e. The number of hydrogen-bond acceptors (Lipinski definition) is 2. The Balaban J connectivity index is 2.14. The van der Waals surface area contributed by atoms with Crippen molar-refractivity contribution in [1.82, 2.24) is 5.32 Å². The lowest BCUT2D eigenvalue weighted by molar-refractivity contribution is 0.657. The van der Waals surface area contributed by atoms with Crippen LogP contribution < -0.4 is 5.32 Å². The summed E-state index contributed by atoms with van der Waals surface area (Å²) < 4.78 is 0. The van der Waals surface area contributed by atoms with Crippen LogP contribution in [0.25, 0.3) is 0 Å². The molecule has 2 aromatic rings. The van der Waals surface area contributed by atoms with Gasteiger partial charge in [-0.1, -0.05) is 41.5 Å². The molecule has 1 N–H and O–H groups in total. The van der Waals surface area contributed by atoms with Gasteiger partial charge in [0.2, 0.25) is 0 Å². The molecule has 0 heterocycles. The lowest BCUT2D eigenvalue weighted by Crippen LogP contribution is -2.20. The largest absolute Gasteiger partial charge is 0.312 e. The summed E-state index contributed by atoms with van der Waals surface area (Å²) in [5.74, 6) is 1.05. The molecule has 1 unspecified atom stereocenters. The maximum absolute atomic E-state index is 3.47. The van der Waals surface area contributed by atoms with Crippen LogP contribution in [0.5, 0.6) is 0 Å². The molecular weight excluding hydrogens is 274 g/mol. The van der Waals surface area contributed by atoms with E-state index in [0.717, 1.165) is 5.75 Å². The molecule has 0 saturated heterocycles. The number of rotatable bonds is 5. The molecule has 1 atom stereocenters. The summed E-state index contributed by atoms with van der Waals surface area (Å²) in [5, 5.41) is 3.47. The Morgan fingerprint density at radius 2 is 1.57 bits per heavy atom. The van der Waals surface area contributed by atoms with E-state index in [0.29, 0.717) is 6.04 Å². The Hall–Kier alpha value is -1.25. The van der Waals surface area contributed by atoms with Crippen LogP contribution in [0.4, 0.5) is 0 Å². The van der Waals surface area contributed by atoms with Gasteiger partial charge in [-0.05, 0) is 57.5 Å². The summed E-state index contributed by atoms with van der Waals surface area (Å²) in [6.45, 7) is 8.70. The zero-order chi connectivity index (χ0) is 15.4. The highest BCUT2D eigenvalue weighted by molar-refractivity contribution is 7.99. The minimum absolute atomic E-state index is 0.385. The molecule has 0 aliphatic heterocycles. The highest BCUT2D eigenvalue weighted by atomic mass is 32.2. The first-order chi connectivity index (χ1) is 10.0. The molecule has 2 heteroatoms. The quantitative estimate of drug-likeness (QED) is 0.782. The van der Waals surface area contributed by atoms with Crippen molar-refractivity contribution < 1.29 is 0 Å². The van der Waals surface area contributed by atoms with Gasteiger partial charge in [0, 0.05) is 16.7 Å². The minimum atomic E-state index is 0.385. The third-order valence-electron chi connectivity index (χ3n) is 3.89. The van der Waals surface area contributed by atoms with Gasteiger partial charge in [0.15, 0.2) is 0 Å². The average molecular weight is 299 g/mol. The summed E-state index contributed by atoms with van der Waals surface area (Å²) in [6.07, 6.45) is 0. The summed E-state index contributed by atoms with van der Waals surface area (Å²) in [5.41, 5.74) is 6.80. The molecule has 2 aromatic carbocycles. The van der Waals surface area contributed by atoms with Crippen molar-refractivity contribution in [1.29, 1.82) is 0 Å². The van der Waals surface area contributed by atoms with E-state index in [2.05, 4.69) is 76.5 Å². The number of thioether (sulfide) groups is 1. The van der Waals surface area contributed by atoms with Crippen molar-refractivity contribution in [3.63, 3.8) is 0 Å². The molecule has 1 nitrogen and oxygen atoms in total. The molecule has 0 spiro atoms. The van der Waals surface area contributed by atoms with Gasteiger partial charge in [-0.2, -0.15) is 0 Å². The third-order valence-corrected chi connectivity index (χ3v) is 5.16. The van der Waals surface area contributed by atoms with Gasteiger partial charge in [0.25, 0.3) is 0 Å². The Kier molecular flexibility index (Phi) is 5.49. The number of aryl methyl sites for hydroxylation is 4. The molecule has 0 saturated carbocycles. The van der Waals surface area contributed by atoms with Crippen LogP contribution in [-0.2, 0) is 0 Å². The van der Waals surface area contributed by atoms with Gasteiger partial charge in [-0.15, -0.1) is 11.8 Å². The van der Waals surface area contributed by atoms with Crippen LogP contribution in [-0.4, -0.2) is 12.8 Å². The molecule has 0 aliphatic rings. The first kappa shape index (κ1) is 16.1. The molecule has 0 bridgehead atoms. The van der Waals surface area contributed by atoms with E-state index in [4.69, 9.17) is 0 Å². The van der Waals surface area contributed by atoms with E-state index in [-0.39, 0.29) is 0 Å². The second-order valence-electron chi connectivity index (χ2n) is 5.78. The molecule has 112 valence electrons. The fourth-order valence-corrected chi connectivity index (χ4v) is 3.74. The van der Waals surface area contributed by atoms with E-state index < -0.39 is 0 Å². The van der Waals surface area contributed by atoms with Crippen LogP contribution in [0.3, 0.4) is 0 Å². The number of hydrogen-bond donors (Lipinski definition) is 1. The summed E-state index contributed by atoms with van der Waals surface area (Å²) in [6, 6.07) is 13.8. The Bertz CT molecular complexity index is 619. The maximum atomic E-state index is 3.47. The zero-order valence-electron chi connectivity index (χ0n) is 13.7. The average Bonchev–Trinajstić information content (AvgIpc) is 2.45. The second kappa shape index (κ2) is 7.15. The Morgan fingerprint density at radius 3 is 2.24 bits per heavy atom. The van der Waals surface area contributed by atoms with Crippen LogP contribution in [0.1, 0.15) is 33.9 Å². The highest BCUT2D eigenvalue weighted by Crippen LogP contribution is 2.29. The van der Waals surface area contributed by atoms with Gasteiger partial charge in [-0.25, -0.2) is 0 Å². The molecule has 0 aliphatic carbocycles. The predicted octanol–water partition coefficient (Wildman–Crippen LogP) is 4.97. The first-order valence-electron chi connectivity index (χ1n) is 7.45.